The third-order valence-electron chi connectivity index (χ3n) is 3.96. The van der Waals surface area contributed by atoms with E-state index in [0.717, 1.165) is 12.2 Å². The van der Waals surface area contributed by atoms with E-state index in [1.54, 1.807) is 11.5 Å². The number of piperidine rings is 1. The number of rotatable bonds is 4. The highest BCUT2D eigenvalue weighted by atomic mass is 16.3. The van der Waals surface area contributed by atoms with Crippen LogP contribution in [0.25, 0.3) is 0 Å². The van der Waals surface area contributed by atoms with E-state index < -0.39 is 6.10 Å². The van der Waals surface area contributed by atoms with Crippen molar-refractivity contribution in [2.75, 3.05) is 6.54 Å². The molecule has 1 aromatic heterocycles. The molecule has 0 bridgehead atoms. The van der Waals surface area contributed by atoms with E-state index in [2.05, 4.69) is 11.8 Å². The van der Waals surface area contributed by atoms with Crippen LogP contribution in [0.3, 0.4) is 0 Å². The Labute approximate surface area is 119 Å². The summed E-state index contributed by atoms with van der Waals surface area (Å²) in [5.74, 6) is -0.263. The fourth-order valence-corrected chi connectivity index (χ4v) is 2.79. The molecule has 0 amide bonds. The van der Waals surface area contributed by atoms with Gasteiger partial charge in [-0.25, -0.2) is 0 Å². The molecule has 1 fully saturated rings. The minimum absolute atomic E-state index is 0.263. The van der Waals surface area contributed by atoms with E-state index in [1.165, 1.54) is 31.5 Å². The van der Waals surface area contributed by atoms with Crippen molar-refractivity contribution in [2.24, 2.45) is 0 Å². The maximum atomic E-state index is 11.7. The first-order chi connectivity index (χ1) is 9.47. The highest BCUT2D eigenvalue weighted by Gasteiger charge is 2.20. The first-order valence-corrected chi connectivity index (χ1v) is 7.32. The zero-order valence-electron chi connectivity index (χ0n) is 12.2. The van der Waals surface area contributed by atoms with Crippen LogP contribution in [0, 0.1) is 0 Å². The van der Waals surface area contributed by atoms with Crippen LogP contribution >= 0.6 is 0 Å². The van der Waals surface area contributed by atoms with Gasteiger partial charge in [0, 0.05) is 30.9 Å². The molecule has 0 aromatic carbocycles. The predicted molar refractivity (Wildman–Crippen MR) is 77.8 cm³/mol. The fourth-order valence-electron chi connectivity index (χ4n) is 2.79. The van der Waals surface area contributed by atoms with E-state index in [0.29, 0.717) is 19.1 Å². The molecular formula is C15H24N2O3. The minimum Gasteiger partial charge on any atom is -0.503 e. The normalized spacial score (nSPS) is 21.9. The number of hydrogen-bond acceptors (Lipinski definition) is 4. The van der Waals surface area contributed by atoms with Crippen molar-refractivity contribution in [2.45, 2.75) is 58.3 Å². The lowest BCUT2D eigenvalue weighted by molar-refractivity contribution is 0.141. The number of pyridine rings is 1. The van der Waals surface area contributed by atoms with Crippen LogP contribution in [0.2, 0.25) is 0 Å². The van der Waals surface area contributed by atoms with Crippen molar-refractivity contribution in [3.8, 4) is 5.75 Å². The summed E-state index contributed by atoms with van der Waals surface area (Å²) < 4.78 is 1.78. The Hall–Kier alpha value is -1.33. The second-order valence-corrected chi connectivity index (χ2v) is 5.83. The Morgan fingerprint density at radius 2 is 2.20 bits per heavy atom. The molecule has 2 atom stereocenters. The molecule has 2 heterocycles. The standard InChI is InChI=1S/C15H24N2O3/c1-11-5-3-4-6-16(11)9-13-7-14(19)15(20)10-17(13)8-12(2)18/h7,10-12,18,20H,3-6,8-9H2,1-2H3. The minimum atomic E-state index is -0.519. The summed E-state index contributed by atoms with van der Waals surface area (Å²) >= 11 is 0. The van der Waals surface area contributed by atoms with Crippen LogP contribution in [-0.2, 0) is 13.1 Å². The molecule has 0 radical (unpaired) electrons. The lowest BCUT2D eigenvalue weighted by Crippen LogP contribution is -2.38. The fraction of sp³-hybridized carbons (Fsp3) is 0.667. The highest BCUT2D eigenvalue weighted by molar-refractivity contribution is 5.20. The van der Waals surface area contributed by atoms with Crippen molar-refractivity contribution in [1.29, 1.82) is 0 Å². The van der Waals surface area contributed by atoms with Crippen LogP contribution in [0.15, 0.2) is 17.1 Å². The van der Waals surface area contributed by atoms with Crippen LogP contribution < -0.4 is 5.43 Å². The number of nitrogens with zero attached hydrogens (tertiary/aromatic N) is 2. The third kappa shape index (κ3) is 3.61. The van der Waals surface area contributed by atoms with Gasteiger partial charge in [0.1, 0.15) is 0 Å². The van der Waals surface area contributed by atoms with E-state index in [9.17, 15) is 15.0 Å². The third-order valence-corrected chi connectivity index (χ3v) is 3.96. The molecule has 1 aliphatic rings. The van der Waals surface area contributed by atoms with Crippen molar-refractivity contribution < 1.29 is 10.2 Å². The molecule has 0 saturated carbocycles. The van der Waals surface area contributed by atoms with Gasteiger partial charge in [-0.2, -0.15) is 0 Å². The van der Waals surface area contributed by atoms with Crippen molar-refractivity contribution in [3.05, 3.63) is 28.2 Å². The zero-order valence-corrected chi connectivity index (χ0v) is 12.2. The van der Waals surface area contributed by atoms with E-state index in [-0.39, 0.29) is 11.2 Å². The van der Waals surface area contributed by atoms with Gasteiger partial charge in [0.05, 0.1) is 12.3 Å². The predicted octanol–water partition coefficient (Wildman–Crippen LogP) is 1.31. The highest BCUT2D eigenvalue weighted by Crippen LogP contribution is 2.19. The number of hydrogen-bond donors (Lipinski definition) is 2. The van der Waals surface area contributed by atoms with Crippen molar-refractivity contribution >= 4 is 0 Å². The van der Waals surface area contributed by atoms with Gasteiger partial charge in [-0.15, -0.1) is 0 Å². The molecule has 2 rings (SSSR count). The molecule has 0 spiro atoms. The molecule has 5 nitrogen and oxygen atoms in total. The van der Waals surface area contributed by atoms with Gasteiger partial charge in [0.2, 0.25) is 5.43 Å². The smallest absolute Gasteiger partial charge is 0.223 e. The first kappa shape index (κ1) is 15.1. The van der Waals surface area contributed by atoms with Gasteiger partial charge in [0.15, 0.2) is 5.75 Å². The van der Waals surface area contributed by atoms with Gasteiger partial charge in [0.25, 0.3) is 0 Å². The molecule has 1 aromatic rings. The molecular weight excluding hydrogens is 256 g/mol. The Morgan fingerprint density at radius 3 is 2.85 bits per heavy atom. The monoisotopic (exact) mass is 280 g/mol. The number of aromatic nitrogens is 1. The molecule has 1 aliphatic heterocycles. The topological polar surface area (TPSA) is 65.7 Å². The van der Waals surface area contributed by atoms with Gasteiger partial charge >= 0.3 is 0 Å². The summed E-state index contributed by atoms with van der Waals surface area (Å²) in [7, 11) is 0. The number of aromatic hydroxyl groups is 1. The summed E-state index contributed by atoms with van der Waals surface area (Å²) in [5, 5.41) is 19.1. The van der Waals surface area contributed by atoms with Crippen molar-refractivity contribution in [3.63, 3.8) is 0 Å². The summed E-state index contributed by atoms with van der Waals surface area (Å²) in [4.78, 5) is 14.0. The Bertz CT molecular complexity index is 510. The van der Waals surface area contributed by atoms with Crippen LogP contribution in [0.1, 0.15) is 38.8 Å². The summed E-state index contributed by atoms with van der Waals surface area (Å²) in [6.45, 7) is 6.00. The van der Waals surface area contributed by atoms with E-state index in [1.807, 2.05) is 0 Å². The Morgan fingerprint density at radius 1 is 1.45 bits per heavy atom. The van der Waals surface area contributed by atoms with Gasteiger partial charge in [-0.05, 0) is 33.2 Å². The van der Waals surface area contributed by atoms with Gasteiger partial charge in [-0.1, -0.05) is 6.42 Å². The lowest BCUT2D eigenvalue weighted by Gasteiger charge is -2.34. The molecule has 20 heavy (non-hydrogen) atoms. The Balaban J connectivity index is 2.24. The number of likely N-dealkylation sites (tertiary alicyclic amines) is 1. The molecule has 112 valence electrons. The van der Waals surface area contributed by atoms with Gasteiger partial charge < -0.3 is 14.8 Å². The zero-order chi connectivity index (χ0) is 14.7. The second-order valence-electron chi connectivity index (χ2n) is 5.83. The molecule has 5 heteroatoms. The van der Waals surface area contributed by atoms with Crippen LogP contribution in [-0.4, -0.2) is 38.4 Å². The maximum absolute atomic E-state index is 11.7. The molecule has 2 unspecified atom stereocenters. The van der Waals surface area contributed by atoms with Crippen molar-refractivity contribution in [1.82, 2.24) is 9.47 Å². The summed E-state index contributed by atoms with van der Waals surface area (Å²) in [5.41, 5.74) is 0.494. The Kier molecular flexibility index (Phi) is 4.83. The average Bonchev–Trinajstić information content (AvgIpc) is 2.37. The molecule has 0 aliphatic carbocycles. The van der Waals surface area contributed by atoms with Crippen LogP contribution in [0.4, 0.5) is 0 Å². The summed E-state index contributed by atoms with van der Waals surface area (Å²) in [6.07, 6.45) is 4.53. The molecule has 1 saturated heterocycles. The molecule has 2 N–H and O–H groups in total. The number of aliphatic hydroxyl groups is 1. The first-order valence-electron chi connectivity index (χ1n) is 7.32. The quantitative estimate of drug-likeness (QED) is 0.873. The summed E-state index contributed by atoms with van der Waals surface area (Å²) in [6, 6.07) is 1.99. The SMILES string of the molecule is CC(O)Cn1cc(O)c(=O)cc1CN1CCCCC1C. The lowest BCUT2D eigenvalue weighted by atomic mass is 10.0. The average molecular weight is 280 g/mol. The van der Waals surface area contributed by atoms with E-state index >= 15 is 0 Å². The maximum Gasteiger partial charge on any atom is 0.223 e. The van der Waals surface area contributed by atoms with Crippen LogP contribution in [0.5, 0.6) is 5.75 Å². The second kappa shape index (κ2) is 6.41. The number of aliphatic hydroxyl groups excluding tert-OH is 1. The largest absolute Gasteiger partial charge is 0.503 e. The van der Waals surface area contributed by atoms with E-state index in [4.69, 9.17) is 0 Å². The van der Waals surface area contributed by atoms with Gasteiger partial charge in [-0.3, -0.25) is 9.69 Å².